The lowest BCUT2D eigenvalue weighted by Gasteiger charge is -2.39. The zero-order chi connectivity index (χ0) is 17.6. The van der Waals surface area contributed by atoms with E-state index in [9.17, 15) is 20.1 Å². The van der Waals surface area contributed by atoms with E-state index in [1.165, 1.54) is 21.3 Å². The molecule has 0 spiro atoms. The second-order valence-electron chi connectivity index (χ2n) is 5.42. The van der Waals surface area contributed by atoms with Crippen LogP contribution in [-0.4, -0.2) is 85.7 Å². The quantitative estimate of drug-likeness (QED) is 0.470. The van der Waals surface area contributed by atoms with E-state index < -0.39 is 43.0 Å². The summed E-state index contributed by atoms with van der Waals surface area (Å²) in [5.41, 5.74) is 0. The van der Waals surface area contributed by atoms with Crippen molar-refractivity contribution < 1.29 is 43.8 Å². The molecule has 2 unspecified atom stereocenters. The molecule has 0 aromatic rings. The van der Waals surface area contributed by atoms with Crippen LogP contribution in [0.3, 0.4) is 0 Å². The van der Waals surface area contributed by atoms with Crippen molar-refractivity contribution in [2.75, 3.05) is 21.3 Å². The Morgan fingerprint density at radius 3 is 2.43 bits per heavy atom. The highest BCUT2D eigenvalue weighted by atomic mass is 16.7. The summed E-state index contributed by atoms with van der Waals surface area (Å²) in [7, 11) is 4.17. The molecular weight excluding hydrogens is 312 g/mol. The Morgan fingerprint density at radius 2 is 1.96 bits per heavy atom. The fraction of sp³-hybridized carbons (Fsp3) is 0.929. The topological polar surface area (TPSA) is 124 Å². The Balaban J connectivity index is 2.78. The number of ether oxygens (including phenoxy) is 5. The molecule has 0 aliphatic carbocycles. The summed E-state index contributed by atoms with van der Waals surface area (Å²) in [6, 6.07) is 0. The molecule has 9 heteroatoms. The number of aliphatic hydroxyl groups excluding tert-OH is 2. The number of aliphatic carboxylic acids is 1. The molecule has 1 heterocycles. The Kier molecular flexibility index (Phi) is 8.34. The van der Waals surface area contributed by atoms with Crippen LogP contribution in [0.5, 0.6) is 0 Å². The molecule has 1 aliphatic rings. The van der Waals surface area contributed by atoms with E-state index in [1.54, 1.807) is 6.92 Å². The first-order valence-electron chi connectivity index (χ1n) is 7.32. The van der Waals surface area contributed by atoms with Crippen LogP contribution >= 0.6 is 0 Å². The molecule has 7 atom stereocenters. The van der Waals surface area contributed by atoms with Gasteiger partial charge in [-0.2, -0.15) is 0 Å². The number of carbonyl (C=O) groups is 1. The van der Waals surface area contributed by atoms with Crippen LogP contribution in [-0.2, 0) is 28.5 Å². The summed E-state index contributed by atoms with van der Waals surface area (Å²) in [5, 5.41) is 29.5. The Bertz CT molecular complexity index is 364. The first-order valence-corrected chi connectivity index (χ1v) is 7.32. The molecular formula is C14H26O9. The minimum Gasteiger partial charge on any atom is -0.479 e. The first-order chi connectivity index (χ1) is 10.8. The first kappa shape index (κ1) is 20.2. The van der Waals surface area contributed by atoms with Crippen molar-refractivity contribution >= 4 is 5.97 Å². The van der Waals surface area contributed by atoms with Gasteiger partial charge in [0.15, 0.2) is 18.7 Å². The third-order valence-corrected chi connectivity index (χ3v) is 3.73. The Hall–Kier alpha value is -0.810. The predicted molar refractivity (Wildman–Crippen MR) is 76.7 cm³/mol. The van der Waals surface area contributed by atoms with Crippen molar-refractivity contribution in [1.82, 2.24) is 0 Å². The fourth-order valence-electron chi connectivity index (χ4n) is 2.35. The molecule has 0 saturated carbocycles. The molecule has 136 valence electrons. The number of methoxy groups -OCH3 is 3. The zero-order valence-corrected chi connectivity index (χ0v) is 13.7. The van der Waals surface area contributed by atoms with Crippen molar-refractivity contribution in [3.63, 3.8) is 0 Å². The van der Waals surface area contributed by atoms with Crippen LogP contribution in [0.4, 0.5) is 0 Å². The van der Waals surface area contributed by atoms with Crippen LogP contribution < -0.4 is 0 Å². The molecule has 23 heavy (non-hydrogen) atoms. The number of hydrogen-bond acceptors (Lipinski definition) is 8. The summed E-state index contributed by atoms with van der Waals surface area (Å²) in [6.45, 7) is 1.76. The standard InChI is InChI=1S/C14H26O9/c1-7(19-2)5-9(16)14(21-4)23-11-8(15)6-10(20-3)22-12(11)13(17)18/h7-12,14-16H,5-6H2,1-4H3,(H,17,18)/t7-,8+,9-,10+,11+,12?,14?/m0/s1. The van der Waals surface area contributed by atoms with Crippen LogP contribution in [0, 0.1) is 0 Å². The van der Waals surface area contributed by atoms with Gasteiger partial charge in [-0.05, 0) is 6.92 Å². The second kappa shape index (κ2) is 9.48. The van der Waals surface area contributed by atoms with Gasteiger partial charge in [-0.25, -0.2) is 4.79 Å². The predicted octanol–water partition coefficient (Wildman–Crippen LogP) is -0.663. The zero-order valence-electron chi connectivity index (χ0n) is 13.7. The maximum absolute atomic E-state index is 11.3. The van der Waals surface area contributed by atoms with Gasteiger partial charge in [-0.3, -0.25) is 0 Å². The number of hydrogen-bond donors (Lipinski definition) is 3. The number of rotatable bonds is 9. The van der Waals surface area contributed by atoms with Gasteiger partial charge in [0.1, 0.15) is 12.2 Å². The van der Waals surface area contributed by atoms with Gasteiger partial charge < -0.3 is 39.0 Å². The van der Waals surface area contributed by atoms with Crippen LogP contribution in [0.25, 0.3) is 0 Å². The van der Waals surface area contributed by atoms with E-state index in [0.717, 1.165) is 0 Å². The van der Waals surface area contributed by atoms with Gasteiger partial charge in [0, 0.05) is 34.2 Å². The van der Waals surface area contributed by atoms with Crippen molar-refractivity contribution in [1.29, 1.82) is 0 Å². The van der Waals surface area contributed by atoms with E-state index in [2.05, 4.69) is 0 Å². The lowest BCUT2D eigenvalue weighted by molar-refractivity contribution is -0.293. The highest BCUT2D eigenvalue weighted by Gasteiger charge is 2.45. The van der Waals surface area contributed by atoms with Gasteiger partial charge in [0.05, 0.1) is 12.2 Å². The van der Waals surface area contributed by atoms with E-state index in [-0.39, 0.29) is 18.9 Å². The molecule has 9 nitrogen and oxygen atoms in total. The average molecular weight is 338 g/mol. The van der Waals surface area contributed by atoms with Crippen molar-refractivity contribution in [2.45, 2.75) is 62.9 Å². The third-order valence-electron chi connectivity index (χ3n) is 3.73. The Morgan fingerprint density at radius 1 is 1.30 bits per heavy atom. The molecule has 0 aromatic heterocycles. The maximum atomic E-state index is 11.3. The molecule has 1 fully saturated rings. The minimum absolute atomic E-state index is 0.0476. The Labute approximate surface area is 135 Å². The smallest absolute Gasteiger partial charge is 0.335 e. The van der Waals surface area contributed by atoms with Gasteiger partial charge in [-0.15, -0.1) is 0 Å². The molecule has 1 saturated heterocycles. The highest BCUT2D eigenvalue weighted by Crippen LogP contribution is 2.26. The maximum Gasteiger partial charge on any atom is 0.335 e. The third kappa shape index (κ3) is 5.64. The lowest BCUT2D eigenvalue weighted by atomic mass is 10.0. The van der Waals surface area contributed by atoms with Crippen LogP contribution in [0.2, 0.25) is 0 Å². The average Bonchev–Trinajstić information content (AvgIpc) is 2.52. The van der Waals surface area contributed by atoms with Gasteiger partial charge in [0.25, 0.3) is 0 Å². The summed E-state index contributed by atoms with van der Waals surface area (Å²) in [5.74, 6) is -1.30. The molecule has 1 aliphatic heterocycles. The van der Waals surface area contributed by atoms with Crippen LogP contribution in [0.1, 0.15) is 19.8 Å². The van der Waals surface area contributed by atoms with Crippen molar-refractivity contribution in [2.24, 2.45) is 0 Å². The van der Waals surface area contributed by atoms with E-state index >= 15 is 0 Å². The van der Waals surface area contributed by atoms with E-state index in [0.29, 0.717) is 0 Å². The minimum atomic E-state index is -1.44. The molecule has 0 aromatic carbocycles. The SMILES string of the molecule is COC(O[C@H]1C(C(=O)O)O[C@@H](OC)C[C@H]1O)[C@@H](O)C[C@H](C)OC. The van der Waals surface area contributed by atoms with Crippen molar-refractivity contribution in [3.8, 4) is 0 Å². The highest BCUT2D eigenvalue weighted by molar-refractivity contribution is 5.73. The van der Waals surface area contributed by atoms with E-state index in [4.69, 9.17) is 23.7 Å². The number of carboxylic acids is 1. The number of carboxylic acid groups (broad SMARTS) is 1. The normalized spacial score (nSPS) is 32.3. The van der Waals surface area contributed by atoms with Crippen LogP contribution in [0.15, 0.2) is 0 Å². The monoisotopic (exact) mass is 338 g/mol. The van der Waals surface area contributed by atoms with Gasteiger partial charge in [0.2, 0.25) is 0 Å². The van der Waals surface area contributed by atoms with Crippen molar-refractivity contribution in [3.05, 3.63) is 0 Å². The fourth-order valence-corrected chi connectivity index (χ4v) is 2.35. The summed E-state index contributed by atoms with van der Waals surface area (Å²) >= 11 is 0. The summed E-state index contributed by atoms with van der Waals surface area (Å²) in [4.78, 5) is 11.3. The van der Waals surface area contributed by atoms with E-state index in [1.807, 2.05) is 0 Å². The molecule has 3 N–H and O–H groups in total. The van der Waals surface area contributed by atoms with Gasteiger partial charge in [-0.1, -0.05) is 0 Å². The summed E-state index contributed by atoms with van der Waals surface area (Å²) in [6.07, 6.45) is -6.78. The lowest BCUT2D eigenvalue weighted by Crippen LogP contribution is -2.55. The number of aliphatic hydroxyl groups is 2. The summed E-state index contributed by atoms with van der Waals surface area (Å²) < 4.78 is 25.8. The molecule has 1 rings (SSSR count). The molecule has 0 bridgehead atoms. The molecule has 0 radical (unpaired) electrons. The molecule has 0 amide bonds. The van der Waals surface area contributed by atoms with Gasteiger partial charge >= 0.3 is 5.97 Å². The second-order valence-corrected chi connectivity index (χ2v) is 5.42. The largest absolute Gasteiger partial charge is 0.479 e.